The first-order valence-electron chi connectivity index (χ1n) is 12.7. The zero-order valence-electron chi connectivity index (χ0n) is 20.9. The maximum Gasteiger partial charge on any atom is 0.270 e. The molecular formula is C28H28Cl2FN3O3S. The molecule has 0 bridgehead atoms. The van der Waals surface area contributed by atoms with Gasteiger partial charge in [-0.15, -0.1) is 0 Å². The Balaban J connectivity index is 1.64. The van der Waals surface area contributed by atoms with Crippen LogP contribution in [0.2, 0.25) is 10.0 Å². The third-order valence-electron chi connectivity index (χ3n) is 7.31. The van der Waals surface area contributed by atoms with Gasteiger partial charge >= 0.3 is 0 Å². The van der Waals surface area contributed by atoms with E-state index in [1.807, 2.05) is 6.92 Å². The molecule has 38 heavy (non-hydrogen) atoms. The molecule has 1 amide bonds. The molecule has 6 nitrogen and oxygen atoms in total. The maximum absolute atomic E-state index is 13.8. The summed E-state index contributed by atoms with van der Waals surface area (Å²) in [6.45, 7) is 1.99. The van der Waals surface area contributed by atoms with Crippen molar-refractivity contribution in [2.24, 2.45) is 5.92 Å². The molecular weight excluding hydrogens is 548 g/mol. The van der Waals surface area contributed by atoms with Gasteiger partial charge in [-0.2, -0.15) is 5.10 Å². The monoisotopic (exact) mass is 575 g/mol. The first-order chi connectivity index (χ1) is 18.1. The summed E-state index contributed by atoms with van der Waals surface area (Å²) in [5, 5.41) is 8.55. The average molecular weight is 577 g/mol. The topological polar surface area (TPSA) is 81.1 Å². The summed E-state index contributed by atoms with van der Waals surface area (Å²) in [5.41, 5.74) is 2.34. The van der Waals surface area contributed by atoms with Crippen LogP contribution in [0.15, 0.2) is 42.5 Å². The van der Waals surface area contributed by atoms with Crippen LogP contribution >= 0.6 is 23.2 Å². The van der Waals surface area contributed by atoms with Crippen LogP contribution in [-0.2, 0) is 15.6 Å². The summed E-state index contributed by atoms with van der Waals surface area (Å²) in [4.78, 5) is 13.8. The van der Waals surface area contributed by atoms with E-state index in [9.17, 15) is 17.6 Å². The van der Waals surface area contributed by atoms with E-state index >= 15 is 0 Å². The molecule has 0 unspecified atom stereocenters. The predicted octanol–water partition coefficient (Wildman–Crippen LogP) is 6.49. The van der Waals surface area contributed by atoms with Crippen molar-refractivity contribution in [3.8, 4) is 5.69 Å². The molecule has 5 rings (SSSR count). The Morgan fingerprint density at radius 1 is 1.11 bits per heavy atom. The molecule has 1 aliphatic heterocycles. The van der Waals surface area contributed by atoms with Crippen LogP contribution in [0.25, 0.3) is 17.3 Å². The van der Waals surface area contributed by atoms with Gasteiger partial charge in [-0.1, -0.05) is 54.6 Å². The lowest BCUT2D eigenvalue weighted by molar-refractivity contribution is 0.0910. The highest BCUT2D eigenvalue weighted by atomic mass is 35.5. The summed E-state index contributed by atoms with van der Waals surface area (Å²) < 4.78 is 41.0. The Hall–Kier alpha value is -2.68. The molecule has 2 aromatic carbocycles. The SMILES string of the molecule is C[C@@H](NC(=O)c1c2c(nn1-c1ccc(Cl)cc1Cl)/C(=C/c1ccc(F)cc1)CS(=O)(=O)C2)C1CCCCC1. The first kappa shape index (κ1) is 26.9. The number of benzene rings is 2. The molecule has 1 saturated carbocycles. The number of nitrogens with one attached hydrogen (secondary N) is 1. The van der Waals surface area contributed by atoms with Gasteiger partial charge in [0.15, 0.2) is 9.84 Å². The normalized spacial score (nSPS) is 19.2. The van der Waals surface area contributed by atoms with E-state index in [-0.39, 0.29) is 28.3 Å². The third-order valence-corrected chi connectivity index (χ3v) is 9.32. The van der Waals surface area contributed by atoms with Crippen molar-refractivity contribution in [2.75, 3.05) is 5.75 Å². The molecule has 0 spiro atoms. The molecule has 2 aliphatic rings. The highest BCUT2D eigenvalue weighted by molar-refractivity contribution is 7.91. The lowest BCUT2D eigenvalue weighted by Gasteiger charge is -2.28. The minimum Gasteiger partial charge on any atom is -0.348 e. The number of hydrogen-bond acceptors (Lipinski definition) is 4. The third kappa shape index (κ3) is 5.67. The second-order valence-electron chi connectivity index (χ2n) is 10.1. The quantitative estimate of drug-likeness (QED) is 0.377. The molecule has 1 aliphatic carbocycles. The fourth-order valence-electron chi connectivity index (χ4n) is 5.38. The number of aromatic nitrogens is 2. The molecule has 200 valence electrons. The highest BCUT2D eigenvalue weighted by Gasteiger charge is 2.36. The molecule has 0 radical (unpaired) electrons. The zero-order chi connectivity index (χ0) is 27.0. The second-order valence-corrected chi connectivity index (χ2v) is 13.0. The van der Waals surface area contributed by atoms with Crippen LogP contribution in [0, 0.1) is 11.7 Å². The van der Waals surface area contributed by atoms with E-state index in [1.54, 1.807) is 36.4 Å². The molecule has 10 heteroatoms. The van der Waals surface area contributed by atoms with Crippen molar-refractivity contribution in [1.29, 1.82) is 0 Å². The Morgan fingerprint density at radius 2 is 1.82 bits per heavy atom. The number of nitrogens with zero attached hydrogens (tertiary/aromatic N) is 2. The lowest BCUT2D eigenvalue weighted by atomic mass is 9.84. The van der Waals surface area contributed by atoms with Gasteiger partial charge in [0.05, 0.1) is 27.9 Å². The van der Waals surface area contributed by atoms with Gasteiger partial charge in [0, 0.05) is 16.6 Å². The minimum atomic E-state index is -3.59. The standard InChI is InChI=1S/C28H28Cl2FN3O3S/c1-17(19-5-3-2-4-6-19)32-28(35)27-23-16-38(36,37)15-20(13-18-7-10-22(31)11-8-18)26(23)33-34(27)25-12-9-21(29)14-24(25)30/h7-14,17,19H,2-6,15-16H2,1H3,(H,32,35)/b20-13+/t17-/m1/s1. The summed E-state index contributed by atoms with van der Waals surface area (Å²) in [5.74, 6) is -1.01. The van der Waals surface area contributed by atoms with Crippen molar-refractivity contribution in [1.82, 2.24) is 15.1 Å². The molecule has 2 heterocycles. The van der Waals surface area contributed by atoms with E-state index in [1.165, 1.54) is 23.2 Å². The summed E-state index contributed by atoms with van der Waals surface area (Å²) >= 11 is 12.6. The fourth-order valence-corrected chi connectivity index (χ4v) is 7.38. The fraction of sp³-hybridized carbons (Fsp3) is 0.357. The van der Waals surface area contributed by atoms with Gasteiger partial charge < -0.3 is 5.32 Å². The average Bonchev–Trinajstić information content (AvgIpc) is 3.24. The van der Waals surface area contributed by atoms with Gasteiger partial charge in [0.2, 0.25) is 0 Å². The second kappa shape index (κ2) is 10.8. The number of rotatable bonds is 5. The maximum atomic E-state index is 13.8. The Morgan fingerprint density at radius 3 is 2.50 bits per heavy atom. The van der Waals surface area contributed by atoms with Crippen molar-refractivity contribution in [3.63, 3.8) is 0 Å². The van der Waals surface area contributed by atoms with Gasteiger partial charge in [-0.25, -0.2) is 17.5 Å². The number of hydrogen-bond donors (Lipinski definition) is 1. The van der Waals surface area contributed by atoms with E-state index in [4.69, 9.17) is 28.3 Å². The molecule has 1 fully saturated rings. The number of sulfone groups is 1. The molecule has 1 atom stereocenters. The minimum absolute atomic E-state index is 0.0862. The number of carbonyl (C=O) groups excluding carboxylic acids is 1. The summed E-state index contributed by atoms with van der Waals surface area (Å²) in [7, 11) is -3.59. The van der Waals surface area contributed by atoms with Crippen LogP contribution < -0.4 is 5.32 Å². The molecule has 1 aromatic heterocycles. The van der Waals surface area contributed by atoms with E-state index < -0.39 is 21.6 Å². The summed E-state index contributed by atoms with van der Waals surface area (Å²) in [6.07, 6.45) is 7.22. The van der Waals surface area contributed by atoms with Crippen molar-refractivity contribution in [2.45, 2.75) is 50.8 Å². The zero-order valence-corrected chi connectivity index (χ0v) is 23.2. The van der Waals surface area contributed by atoms with Crippen LogP contribution in [0.3, 0.4) is 0 Å². The number of fused-ring (bicyclic) bond motifs is 1. The van der Waals surface area contributed by atoms with E-state index in [2.05, 4.69) is 5.32 Å². The van der Waals surface area contributed by atoms with Gasteiger partial charge in [-0.05, 0) is 73.2 Å². The van der Waals surface area contributed by atoms with Crippen LogP contribution in [0.4, 0.5) is 4.39 Å². The molecule has 0 saturated heterocycles. The highest BCUT2D eigenvalue weighted by Crippen LogP contribution is 2.36. The van der Waals surface area contributed by atoms with Gasteiger partial charge in [0.25, 0.3) is 5.91 Å². The Bertz CT molecular complexity index is 1510. The Kier molecular flexibility index (Phi) is 7.67. The molecule has 1 N–H and O–H groups in total. The number of carbonyl (C=O) groups is 1. The predicted molar refractivity (Wildman–Crippen MR) is 149 cm³/mol. The number of amides is 1. The largest absolute Gasteiger partial charge is 0.348 e. The summed E-state index contributed by atoms with van der Waals surface area (Å²) in [6, 6.07) is 10.5. The first-order valence-corrected chi connectivity index (χ1v) is 15.2. The van der Waals surface area contributed by atoms with Gasteiger partial charge in [-0.3, -0.25) is 4.79 Å². The Labute approximate surface area is 231 Å². The van der Waals surface area contributed by atoms with Crippen LogP contribution in [-0.4, -0.2) is 35.9 Å². The smallest absolute Gasteiger partial charge is 0.270 e. The number of halogens is 3. The van der Waals surface area contributed by atoms with Crippen LogP contribution in [0.5, 0.6) is 0 Å². The van der Waals surface area contributed by atoms with E-state index in [0.29, 0.717) is 39.0 Å². The van der Waals surface area contributed by atoms with Crippen molar-refractivity contribution in [3.05, 3.63) is 80.8 Å². The molecule has 3 aromatic rings. The van der Waals surface area contributed by atoms with E-state index in [0.717, 1.165) is 25.7 Å². The van der Waals surface area contributed by atoms with Crippen molar-refractivity contribution < 1.29 is 17.6 Å². The van der Waals surface area contributed by atoms with Crippen molar-refractivity contribution >= 4 is 50.6 Å². The van der Waals surface area contributed by atoms with Gasteiger partial charge in [0.1, 0.15) is 11.5 Å². The van der Waals surface area contributed by atoms with Crippen LogP contribution in [0.1, 0.15) is 66.3 Å². The lowest BCUT2D eigenvalue weighted by Crippen LogP contribution is -2.40.